The third-order valence-corrected chi connectivity index (χ3v) is 5.54. The fourth-order valence-electron chi connectivity index (χ4n) is 2.30. The molecule has 0 saturated heterocycles. The van der Waals surface area contributed by atoms with Gasteiger partial charge in [-0.2, -0.15) is 0 Å². The van der Waals surface area contributed by atoms with Crippen LogP contribution in [0.25, 0.3) is 0 Å². The first-order valence-electron chi connectivity index (χ1n) is 7.44. The second-order valence-corrected chi connectivity index (χ2v) is 16.8. The van der Waals surface area contributed by atoms with Gasteiger partial charge in [-0.1, -0.05) is 0 Å². The van der Waals surface area contributed by atoms with E-state index < -0.39 is 16.6 Å². The maximum atomic E-state index is 6.03. The van der Waals surface area contributed by atoms with Gasteiger partial charge in [-0.25, -0.2) is 0 Å². The van der Waals surface area contributed by atoms with Crippen LogP contribution < -0.4 is 0 Å². The Kier molecular flexibility index (Phi) is 6.09. The lowest BCUT2D eigenvalue weighted by atomic mass is 9.83. The van der Waals surface area contributed by atoms with Crippen molar-refractivity contribution in [3.63, 3.8) is 0 Å². The molecular weight excluding hydrogens is 256 g/mol. The third kappa shape index (κ3) is 7.72. The van der Waals surface area contributed by atoms with Gasteiger partial charge in [0.15, 0.2) is 16.6 Å². The van der Waals surface area contributed by atoms with E-state index in [1.807, 2.05) is 0 Å². The number of hydrogen-bond acceptors (Lipinski definition) is 2. The summed E-state index contributed by atoms with van der Waals surface area (Å²) >= 11 is 0. The highest BCUT2D eigenvalue weighted by Crippen LogP contribution is 2.30. The van der Waals surface area contributed by atoms with Crippen LogP contribution in [0, 0.1) is 11.8 Å². The zero-order valence-corrected chi connectivity index (χ0v) is 15.2. The van der Waals surface area contributed by atoms with Crippen molar-refractivity contribution in [1.82, 2.24) is 0 Å². The Morgan fingerprint density at radius 3 is 1.17 bits per heavy atom. The lowest BCUT2D eigenvalue weighted by Crippen LogP contribution is -2.32. The predicted octanol–water partition coefficient (Wildman–Crippen LogP) is 4.50. The van der Waals surface area contributed by atoms with E-state index in [1.54, 1.807) is 0 Å². The molecule has 1 aliphatic carbocycles. The van der Waals surface area contributed by atoms with E-state index >= 15 is 0 Å². The Bertz CT molecular complexity index is 209. The van der Waals surface area contributed by atoms with Gasteiger partial charge in [0.05, 0.1) is 0 Å². The lowest BCUT2D eigenvalue weighted by Gasteiger charge is -2.31. The van der Waals surface area contributed by atoms with E-state index in [9.17, 15) is 0 Å². The van der Waals surface area contributed by atoms with Gasteiger partial charge in [0.1, 0.15) is 0 Å². The van der Waals surface area contributed by atoms with Crippen molar-refractivity contribution < 1.29 is 8.85 Å². The van der Waals surface area contributed by atoms with Crippen molar-refractivity contribution in [3.05, 3.63) is 0 Å². The molecule has 0 spiro atoms. The van der Waals surface area contributed by atoms with Crippen LogP contribution in [-0.4, -0.2) is 29.8 Å². The highest BCUT2D eigenvalue weighted by atomic mass is 28.4. The smallest absolute Gasteiger partial charge is 0.183 e. The van der Waals surface area contributed by atoms with Gasteiger partial charge < -0.3 is 8.85 Å². The molecule has 0 atom stereocenters. The van der Waals surface area contributed by atoms with Crippen molar-refractivity contribution in [2.24, 2.45) is 11.8 Å². The minimum Gasteiger partial charge on any atom is -0.417 e. The minimum absolute atomic E-state index is 0.805. The number of rotatable bonds is 6. The van der Waals surface area contributed by atoms with E-state index in [4.69, 9.17) is 8.85 Å². The topological polar surface area (TPSA) is 18.5 Å². The molecule has 0 amide bonds. The largest absolute Gasteiger partial charge is 0.417 e. The quantitative estimate of drug-likeness (QED) is 0.670. The van der Waals surface area contributed by atoms with Gasteiger partial charge in [0, 0.05) is 13.2 Å². The van der Waals surface area contributed by atoms with Gasteiger partial charge in [-0.05, 0) is 76.8 Å². The van der Waals surface area contributed by atoms with Crippen LogP contribution in [0.1, 0.15) is 25.7 Å². The molecule has 1 saturated carbocycles. The molecule has 1 rings (SSSR count). The minimum atomic E-state index is -1.32. The molecular formula is C14H32O2Si2. The molecule has 0 aliphatic heterocycles. The summed E-state index contributed by atoms with van der Waals surface area (Å²) < 4.78 is 12.1. The highest BCUT2D eigenvalue weighted by molar-refractivity contribution is 6.70. The standard InChI is InChI=1S/C14H32O2Si2/c1-17(2,3)15-11-13-7-9-14(10-8-13)12-16-18(4,5)6/h13-14H,7-12H2,1-6H3. The molecule has 1 aliphatic rings. The molecule has 1 fully saturated rings. The highest BCUT2D eigenvalue weighted by Gasteiger charge is 2.25. The summed E-state index contributed by atoms with van der Waals surface area (Å²) in [5, 5.41) is 0. The van der Waals surface area contributed by atoms with Crippen molar-refractivity contribution in [1.29, 1.82) is 0 Å². The molecule has 0 aromatic rings. The van der Waals surface area contributed by atoms with Crippen LogP contribution in [0.3, 0.4) is 0 Å². The fraction of sp³-hybridized carbons (Fsp3) is 1.00. The first-order valence-corrected chi connectivity index (χ1v) is 14.3. The van der Waals surface area contributed by atoms with E-state index in [2.05, 4.69) is 39.3 Å². The van der Waals surface area contributed by atoms with Crippen molar-refractivity contribution in [2.75, 3.05) is 13.2 Å². The molecule has 0 aromatic heterocycles. The fourth-order valence-corrected chi connectivity index (χ4v) is 3.77. The van der Waals surface area contributed by atoms with Gasteiger partial charge in [-0.15, -0.1) is 0 Å². The monoisotopic (exact) mass is 288 g/mol. The Hall–Kier alpha value is 0.354. The second kappa shape index (κ2) is 6.68. The Morgan fingerprint density at radius 2 is 0.944 bits per heavy atom. The number of hydrogen-bond donors (Lipinski definition) is 0. The SMILES string of the molecule is C[Si](C)(C)OCC1CCC(CO[Si](C)(C)C)CC1. The Labute approximate surface area is 116 Å². The molecule has 18 heavy (non-hydrogen) atoms. The second-order valence-electron chi connectivity index (χ2n) is 7.73. The summed E-state index contributed by atoms with van der Waals surface area (Å²) in [6.07, 6.45) is 5.35. The Balaban J connectivity index is 2.17. The average molecular weight is 289 g/mol. The molecule has 0 N–H and O–H groups in total. The zero-order valence-electron chi connectivity index (χ0n) is 13.2. The van der Waals surface area contributed by atoms with Crippen LogP contribution in [0.15, 0.2) is 0 Å². The zero-order chi connectivity index (χ0) is 13.8. The maximum Gasteiger partial charge on any atom is 0.183 e. The van der Waals surface area contributed by atoms with Crippen molar-refractivity contribution in [3.8, 4) is 0 Å². The molecule has 0 aromatic carbocycles. The van der Waals surface area contributed by atoms with E-state index in [-0.39, 0.29) is 0 Å². The average Bonchev–Trinajstić information content (AvgIpc) is 2.23. The molecule has 2 nitrogen and oxygen atoms in total. The molecule has 108 valence electrons. The van der Waals surface area contributed by atoms with Crippen LogP contribution in [0.2, 0.25) is 39.3 Å². The van der Waals surface area contributed by atoms with E-state index in [1.165, 1.54) is 25.7 Å². The van der Waals surface area contributed by atoms with Gasteiger partial charge >= 0.3 is 0 Å². The molecule has 0 bridgehead atoms. The summed E-state index contributed by atoms with van der Waals surface area (Å²) in [6.45, 7) is 15.7. The van der Waals surface area contributed by atoms with Crippen LogP contribution in [0.4, 0.5) is 0 Å². The third-order valence-electron chi connectivity index (χ3n) is 3.47. The normalized spacial score (nSPS) is 26.3. The van der Waals surface area contributed by atoms with Gasteiger partial charge in [-0.3, -0.25) is 0 Å². The van der Waals surface area contributed by atoms with Gasteiger partial charge in [0.25, 0.3) is 0 Å². The summed E-state index contributed by atoms with van der Waals surface area (Å²) in [7, 11) is -2.63. The molecule has 0 unspecified atom stereocenters. The van der Waals surface area contributed by atoms with Crippen molar-refractivity contribution in [2.45, 2.75) is 65.0 Å². The summed E-state index contributed by atoms with van der Waals surface area (Å²) in [6, 6.07) is 0. The molecule has 4 heteroatoms. The first kappa shape index (κ1) is 16.4. The Morgan fingerprint density at radius 1 is 0.667 bits per heavy atom. The van der Waals surface area contributed by atoms with E-state index in [0.29, 0.717) is 0 Å². The first-order chi connectivity index (χ1) is 8.16. The van der Waals surface area contributed by atoms with Gasteiger partial charge in [0.2, 0.25) is 0 Å². The lowest BCUT2D eigenvalue weighted by molar-refractivity contribution is 0.143. The summed E-state index contributed by atoms with van der Waals surface area (Å²) in [4.78, 5) is 0. The van der Waals surface area contributed by atoms with Crippen LogP contribution >= 0.6 is 0 Å². The van der Waals surface area contributed by atoms with Crippen LogP contribution in [0.5, 0.6) is 0 Å². The van der Waals surface area contributed by atoms with Crippen LogP contribution in [-0.2, 0) is 8.85 Å². The van der Waals surface area contributed by atoms with E-state index in [0.717, 1.165) is 25.0 Å². The van der Waals surface area contributed by atoms with Crippen molar-refractivity contribution >= 4 is 16.6 Å². The molecule has 0 heterocycles. The summed E-state index contributed by atoms with van der Waals surface area (Å²) in [5.74, 6) is 1.61. The predicted molar refractivity (Wildman–Crippen MR) is 84.0 cm³/mol. The summed E-state index contributed by atoms with van der Waals surface area (Å²) in [5.41, 5.74) is 0. The molecule has 0 radical (unpaired) electrons. The maximum absolute atomic E-state index is 6.03.